The van der Waals surface area contributed by atoms with Gasteiger partial charge in [0.15, 0.2) is 0 Å². The summed E-state index contributed by atoms with van der Waals surface area (Å²) in [6.07, 6.45) is 1.06. The second kappa shape index (κ2) is 9.36. The van der Waals surface area contributed by atoms with Crippen molar-refractivity contribution in [1.82, 2.24) is 24.4 Å². The van der Waals surface area contributed by atoms with E-state index in [2.05, 4.69) is 22.4 Å². The van der Waals surface area contributed by atoms with Gasteiger partial charge in [0, 0.05) is 43.5 Å². The van der Waals surface area contributed by atoms with Gasteiger partial charge in [-0.3, -0.25) is 4.79 Å². The Balaban J connectivity index is 1.35. The van der Waals surface area contributed by atoms with Crippen LogP contribution in [0.1, 0.15) is 64.6 Å². The summed E-state index contributed by atoms with van der Waals surface area (Å²) < 4.78 is 70.2. The Morgan fingerprint density at radius 2 is 1.85 bits per heavy atom. The number of hydrogen-bond acceptors (Lipinski definition) is 6. The second-order valence-electron chi connectivity index (χ2n) is 11.8. The van der Waals surface area contributed by atoms with Gasteiger partial charge in [0.05, 0.1) is 23.8 Å². The predicted octanol–water partition coefficient (Wildman–Crippen LogP) is 3.59. The highest BCUT2D eigenvalue weighted by atomic mass is 32.2. The average Bonchev–Trinajstić information content (AvgIpc) is 3.43. The largest absolute Gasteiger partial charge is 0.416 e. The zero-order valence-electron chi connectivity index (χ0n) is 23.0. The van der Waals surface area contributed by atoms with Crippen LogP contribution < -0.4 is 10.2 Å². The van der Waals surface area contributed by atoms with Crippen molar-refractivity contribution in [1.29, 1.82) is 0 Å². The lowest BCUT2D eigenvalue weighted by molar-refractivity contribution is -0.138. The maximum atomic E-state index is 14.2. The Bertz CT molecular complexity index is 1640. The maximum absolute atomic E-state index is 14.2. The molecule has 0 atom stereocenters. The Morgan fingerprint density at radius 3 is 2.44 bits per heavy atom. The van der Waals surface area contributed by atoms with Gasteiger partial charge in [-0.1, -0.05) is 12.1 Å². The predicted molar refractivity (Wildman–Crippen MR) is 146 cm³/mol. The Morgan fingerprint density at radius 1 is 1.12 bits per heavy atom. The van der Waals surface area contributed by atoms with Crippen molar-refractivity contribution in [3.8, 4) is 0 Å². The lowest BCUT2D eigenvalue weighted by Gasteiger charge is -2.48. The molecule has 3 aromatic rings. The number of aryl methyl sites for hydroxylation is 1. The molecule has 0 unspecified atom stereocenters. The fourth-order valence-electron chi connectivity index (χ4n) is 6.16. The molecule has 1 amide bonds. The number of benzene rings is 2. The highest BCUT2D eigenvalue weighted by Gasteiger charge is 2.52. The van der Waals surface area contributed by atoms with Gasteiger partial charge in [-0.25, -0.2) is 8.42 Å². The van der Waals surface area contributed by atoms with Crippen LogP contribution in [0.2, 0.25) is 0 Å². The molecule has 2 aliphatic heterocycles. The number of alkyl halides is 3. The maximum Gasteiger partial charge on any atom is 0.416 e. The van der Waals surface area contributed by atoms with Crippen molar-refractivity contribution in [2.45, 2.75) is 56.4 Å². The van der Waals surface area contributed by atoms with E-state index in [4.69, 9.17) is 0 Å². The molecule has 1 aliphatic carbocycles. The number of hydrogen-bond donors (Lipinski definition) is 1. The summed E-state index contributed by atoms with van der Waals surface area (Å²) in [7, 11) is -1.69. The Kier molecular flexibility index (Phi) is 6.36. The normalized spacial score (nSPS) is 20.0. The van der Waals surface area contributed by atoms with Crippen LogP contribution in [-0.4, -0.2) is 58.3 Å². The molecule has 3 heterocycles. The van der Waals surface area contributed by atoms with Gasteiger partial charge in [-0.2, -0.15) is 17.5 Å². The van der Waals surface area contributed by atoms with Crippen molar-refractivity contribution in [2.24, 2.45) is 7.05 Å². The lowest BCUT2D eigenvalue weighted by atomic mass is 9.74. The number of nitrogens with zero attached hydrogens (tertiary/aromatic N) is 5. The topological polar surface area (TPSA) is 100 Å². The Labute approximate surface area is 236 Å². The highest BCUT2D eigenvalue weighted by Crippen LogP contribution is 2.44. The summed E-state index contributed by atoms with van der Waals surface area (Å²) in [5.74, 6) is 0.0562. The van der Waals surface area contributed by atoms with Crippen molar-refractivity contribution < 1.29 is 26.4 Å². The molecular weight excluding hydrogens is 557 g/mol. The second-order valence-corrected chi connectivity index (χ2v) is 13.7. The minimum Gasteiger partial charge on any atom is -0.320 e. The van der Waals surface area contributed by atoms with Crippen LogP contribution in [-0.2, 0) is 41.8 Å². The summed E-state index contributed by atoms with van der Waals surface area (Å²) in [5.41, 5.74) is -0.158. The van der Waals surface area contributed by atoms with Crippen LogP contribution >= 0.6 is 0 Å². The number of aromatic nitrogens is 3. The molecule has 0 bridgehead atoms. The number of carbonyl (C=O) groups is 1. The third kappa shape index (κ3) is 4.73. The molecule has 0 spiro atoms. The number of anilines is 1. The number of nitrogens with one attached hydrogen (secondary N) is 1. The standard InChI is InChI=1S/C28H31F3N6O3S/c1-26(8-5-9-26)32-13-18-10-21-22(23(11-18)28(29,30)31)14-37(24(21)38)20-7-4-6-19(12-20)27(25-34-33-17-35(25)2)15-36(16-27)41(3,39)40/h4,6-7,10-12,17,32H,5,8-9,13-16H2,1-3H3. The van der Waals surface area contributed by atoms with Crippen molar-refractivity contribution in [3.63, 3.8) is 0 Å². The van der Waals surface area contributed by atoms with Crippen LogP contribution in [0.15, 0.2) is 42.7 Å². The number of halogens is 3. The summed E-state index contributed by atoms with van der Waals surface area (Å²) in [6.45, 7) is 2.34. The third-order valence-electron chi connectivity index (χ3n) is 8.79. The molecule has 6 rings (SSSR count). The van der Waals surface area contributed by atoms with Gasteiger partial charge in [0.2, 0.25) is 10.0 Å². The first kappa shape index (κ1) is 27.9. The smallest absolute Gasteiger partial charge is 0.320 e. The summed E-state index contributed by atoms with van der Waals surface area (Å²) in [4.78, 5) is 15.0. The SMILES string of the molecule is Cn1cnnc1C1(c2cccc(N3Cc4c(cc(CNC5(C)CCC5)cc4C(F)(F)F)C3=O)c2)CN(S(C)(=O)=O)C1. The number of amides is 1. The van der Waals surface area contributed by atoms with Gasteiger partial charge in [0.1, 0.15) is 12.2 Å². The molecule has 41 heavy (non-hydrogen) atoms. The van der Waals surface area contributed by atoms with Crippen LogP contribution in [0.4, 0.5) is 18.9 Å². The Hall–Kier alpha value is -3.29. The number of carbonyl (C=O) groups excluding carboxylic acids is 1. The molecule has 1 saturated heterocycles. The quantitative estimate of drug-likeness (QED) is 0.453. The molecule has 218 valence electrons. The van der Waals surface area contributed by atoms with Crippen molar-refractivity contribution in [2.75, 3.05) is 24.2 Å². The van der Waals surface area contributed by atoms with E-state index < -0.39 is 33.1 Å². The minimum absolute atomic E-state index is 0.0404. The molecule has 0 radical (unpaired) electrons. The zero-order chi connectivity index (χ0) is 29.4. The zero-order valence-corrected chi connectivity index (χ0v) is 23.8. The summed E-state index contributed by atoms with van der Waals surface area (Å²) >= 11 is 0. The fraction of sp³-hybridized carbons (Fsp3) is 0.464. The lowest BCUT2D eigenvalue weighted by Crippen LogP contribution is -2.62. The summed E-state index contributed by atoms with van der Waals surface area (Å²) in [6, 6.07) is 9.68. The first-order valence-electron chi connectivity index (χ1n) is 13.4. The van der Waals surface area contributed by atoms with Crippen LogP contribution in [0.25, 0.3) is 0 Å². The van der Waals surface area contributed by atoms with Crippen LogP contribution in [0.5, 0.6) is 0 Å². The van der Waals surface area contributed by atoms with Gasteiger partial charge >= 0.3 is 6.18 Å². The molecule has 1 N–H and O–H groups in total. The minimum atomic E-state index is -4.62. The van der Waals surface area contributed by atoms with Crippen molar-refractivity contribution in [3.05, 3.63) is 76.4 Å². The van der Waals surface area contributed by atoms with Gasteiger partial charge < -0.3 is 14.8 Å². The van der Waals surface area contributed by atoms with E-state index in [1.807, 2.05) is 6.07 Å². The fourth-order valence-corrected chi connectivity index (χ4v) is 7.07. The first-order valence-corrected chi connectivity index (χ1v) is 15.3. The third-order valence-corrected chi connectivity index (χ3v) is 9.99. The number of rotatable bonds is 7. The molecular formula is C28H31F3N6O3S. The van der Waals surface area contributed by atoms with Crippen LogP contribution in [0, 0.1) is 0 Å². The van der Waals surface area contributed by atoms with Gasteiger partial charge in [0.25, 0.3) is 5.91 Å². The van der Waals surface area contributed by atoms with Gasteiger partial charge in [-0.05, 0) is 67.1 Å². The van der Waals surface area contributed by atoms with Crippen molar-refractivity contribution >= 4 is 21.6 Å². The average molecular weight is 589 g/mol. The molecule has 2 aromatic carbocycles. The highest BCUT2D eigenvalue weighted by molar-refractivity contribution is 7.88. The molecule has 1 saturated carbocycles. The number of sulfonamides is 1. The van der Waals surface area contributed by atoms with E-state index in [1.165, 1.54) is 15.5 Å². The molecule has 1 aromatic heterocycles. The van der Waals surface area contributed by atoms with Crippen LogP contribution in [0.3, 0.4) is 0 Å². The van der Waals surface area contributed by atoms with Gasteiger partial charge in [-0.15, -0.1) is 10.2 Å². The monoisotopic (exact) mass is 588 g/mol. The van der Waals surface area contributed by atoms with E-state index in [1.54, 1.807) is 35.9 Å². The molecule has 13 heteroatoms. The number of fused-ring (bicyclic) bond motifs is 1. The van der Waals surface area contributed by atoms with E-state index in [0.717, 1.165) is 31.6 Å². The first-order chi connectivity index (χ1) is 19.2. The molecule has 9 nitrogen and oxygen atoms in total. The summed E-state index contributed by atoms with van der Waals surface area (Å²) in [5, 5.41) is 11.6. The van der Waals surface area contributed by atoms with E-state index >= 15 is 0 Å². The molecule has 3 aliphatic rings. The molecule has 2 fully saturated rings. The van der Waals surface area contributed by atoms with E-state index in [0.29, 0.717) is 22.6 Å². The van der Waals surface area contributed by atoms with E-state index in [-0.39, 0.29) is 42.8 Å². The van der Waals surface area contributed by atoms with E-state index in [9.17, 15) is 26.4 Å².